The first kappa shape index (κ1) is 19.4. The number of allylic oxidation sites excluding steroid dienone is 1. The molecule has 0 saturated carbocycles. The van der Waals surface area contributed by atoms with Crippen LogP contribution in [-0.2, 0) is 0 Å². The summed E-state index contributed by atoms with van der Waals surface area (Å²) < 4.78 is 15.0. The molecule has 0 bridgehead atoms. The Morgan fingerprint density at radius 2 is 2.28 bits per heavy atom. The van der Waals surface area contributed by atoms with Gasteiger partial charge in [0, 0.05) is 24.1 Å². The summed E-state index contributed by atoms with van der Waals surface area (Å²) in [4.78, 5) is 6.66. The monoisotopic (exact) mass is 393 g/mol. The summed E-state index contributed by atoms with van der Waals surface area (Å²) in [6, 6.07) is 8.21. The van der Waals surface area contributed by atoms with Crippen molar-refractivity contribution in [1.29, 1.82) is 0 Å². The van der Waals surface area contributed by atoms with E-state index in [4.69, 9.17) is 5.73 Å². The molecule has 2 unspecified atom stereocenters. The SMILES string of the molecule is CC(/C=C(\N=CN)c1nnc2cccc(C3=C[N+](C)=C3)cc1-2)N1CCC(CF)C1. The van der Waals surface area contributed by atoms with Gasteiger partial charge < -0.3 is 5.73 Å². The summed E-state index contributed by atoms with van der Waals surface area (Å²) in [6.45, 7) is 3.48. The largest absolute Gasteiger partial charge is 0.390 e. The third kappa shape index (κ3) is 3.96. The van der Waals surface area contributed by atoms with Gasteiger partial charge in [0.15, 0.2) is 12.4 Å². The Hall–Kier alpha value is -2.93. The molecule has 4 rings (SSSR count). The van der Waals surface area contributed by atoms with Crippen LogP contribution in [0.4, 0.5) is 4.39 Å². The molecule has 2 N–H and O–H groups in total. The lowest BCUT2D eigenvalue weighted by molar-refractivity contribution is -0.423. The third-order valence-electron chi connectivity index (χ3n) is 5.60. The third-order valence-corrected chi connectivity index (χ3v) is 5.60. The van der Waals surface area contributed by atoms with Crippen LogP contribution < -0.4 is 5.73 Å². The number of likely N-dealkylation sites (tertiary alicyclic amines) is 1. The molecule has 0 radical (unpaired) electrons. The number of nitrogens with zero attached hydrogens (tertiary/aromatic N) is 5. The van der Waals surface area contributed by atoms with Crippen LogP contribution in [0.1, 0.15) is 24.6 Å². The highest BCUT2D eigenvalue weighted by molar-refractivity contribution is 6.10. The molecule has 1 saturated heterocycles. The molecule has 1 aliphatic carbocycles. The maximum Gasteiger partial charge on any atom is 0.182 e. The minimum absolute atomic E-state index is 0.102. The van der Waals surface area contributed by atoms with E-state index in [-0.39, 0.29) is 18.6 Å². The van der Waals surface area contributed by atoms with Crippen LogP contribution in [0.5, 0.6) is 0 Å². The Morgan fingerprint density at radius 3 is 2.97 bits per heavy atom. The smallest absolute Gasteiger partial charge is 0.182 e. The van der Waals surface area contributed by atoms with Crippen molar-refractivity contribution in [3.63, 3.8) is 0 Å². The zero-order chi connectivity index (χ0) is 20.4. The van der Waals surface area contributed by atoms with Crippen LogP contribution in [0.25, 0.3) is 22.5 Å². The van der Waals surface area contributed by atoms with Crippen molar-refractivity contribution in [2.45, 2.75) is 19.4 Å². The summed E-state index contributed by atoms with van der Waals surface area (Å²) >= 11 is 0. The molecule has 7 heteroatoms. The molecule has 0 aromatic heterocycles. The van der Waals surface area contributed by atoms with Crippen LogP contribution in [0.15, 0.2) is 41.5 Å². The molecule has 6 nitrogen and oxygen atoms in total. The van der Waals surface area contributed by atoms with Crippen molar-refractivity contribution in [1.82, 2.24) is 15.1 Å². The van der Waals surface area contributed by atoms with Crippen molar-refractivity contribution in [2.75, 3.05) is 26.8 Å². The highest BCUT2D eigenvalue weighted by Crippen LogP contribution is 2.32. The van der Waals surface area contributed by atoms with Crippen LogP contribution >= 0.6 is 0 Å². The van der Waals surface area contributed by atoms with E-state index < -0.39 is 0 Å². The Balaban J connectivity index is 1.69. The van der Waals surface area contributed by atoms with Crippen molar-refractivity contribution < 1.29 is 8.97 Å². The summed E-state index contributed by atoms with van der Waals surface area (Å²) in [5, 5.41) is 8.75. The van der Waals surface area contributed by atoms with E-state index in [1.54, 1.807) is 0 Å². The summed E-state index contributed by atoms with van der Waals surface area (Å²) in [5.41, 5.74) is 11.0. The van der Waals surface area contributed by atoms with Crippen LogP contribution in [0.3, 0.4) is 0 Å². The fraction of sp³-hybridized carbons (Fsp3) is 0.364. The van der Waals surface area contributed by atoms with Crippen LogP contribution in [0, 0.1) is 5.92 Å². The van der Waals surface area contributed by atoms with Crippen LogP contribution in [-0.4, -0.2) is 65.1 Å². The van der Waals surface area contributed by atoms with Crippen LogP contribution in [0.2, 0.25) is 0 Å². The van der Waals surface area contributed by atoms with Gasteiger partial charge in [0.1, 0.15) is 18.3 Å². The van der Waals surface area contributed by atoms with Gasteiger partial charge in [-0.05, 0) is 43.7 Å². The maximum absolute atomic E-state index is 13.0. The van der Waals surface area contributed by atoms with Gasteiger partial charge >= 0.3 is 0 Å². The molecule has 0 amide bonds. The van der Waals surface area contributed by atoms with E-state index in [1.807, 2.05) is 29.8 Å². The van der Waals surface area contributed by atoms with E-state index in [0.717, 1.165) is 41.9 Å². The lowest BCUT2D eigenvalue weighted by Gasteiger charge is -2.21. The zero-order valence-corrected chi connectivity index (χ0v) is 16.8. The molecule has 4 aliphatic rings. The lowest BCUT2D eigenvalue weighted by atomic mass is 10.0. The predicted octanol–water partition coefficient (Wildman–Crippen LogP) is 2.66. The summed E-state index contributed by atoms with van der Waals surface area (Å²) in [7, 11) is 2.00. The minimum atomic E-state index is -0.263. The number of fused-ring (bicyclic) bond motifs is 1. The maximum atomic E-state index is 13.0. The molecule has 3 heterocycles. The van der Waals surface area contributed by atoms with Gasteiger partial charge in [0.25, 0.3) is 0 Å². The molecule has 0 aromatic carbocycles. The molecular weight excluding hydrogens is 367 g/mol. The normalized spacial score (nSPS) is 21.3. The topological polar surface area (TPSA) is 70.4 Å². The second kappa shape index (κ2) is 8.21. The van der Waals surface area contributed by atoms with Crippen molar-refractivity contribution in [3.8, 4) is 11.3 Å². The van der Waals surface area contributed by atoms with E-state index in [1.165, 1.54) is 6.34 Å². The highest BCUT2D eigenvalue weighted by atomic mass is 19.1. The van der Waals surface area contributed by atoms with Gasteiger partial charge in [0.2, 0.25) is 0 Å². The molecule has 0 spiro atoms. The number of halogens is 1. The highest BCUT2D eigenvalue weighted by Gasteiger charge is 2.26. The molecule has 1 fully saturated rings. The first-order valence-electron chi connectivity index (χ1n) is 9.91. The van der Waals surface area contributed by atoms with Gasteiger partial charge in [-0.2, -0.15) is 0 Å². The molecule has 2 atom stereocenters. The average Bonchev–Trinajstić information content (AvgIpc) is 3.27. The van der Waals surface area contributed by atoms with Gasteiger partial charge in [-0.3, -0.25) is 9.29 Å². The van der Waals surface area contributed by atoms with E-state index in [2.05, 4.69) is 51.6 Å². The first-order valence-corrected chi connectivity index (χ1v) is 9.91. The fourth-order valence-corrected chi connectivity index (χ4v) is 3.95. The van der Waals surface area contributed by atoms with Gasteiger partial charge in [-0.25, -0.2) is 9.57 Å². The Morgan fingerprint density at radius 1 is 1.45 bits per heavy atom. The fourth-order valence-electron chi connectivity index (χ4n) is 3.95. The summed E-state index contributed by atoms with van der Waals surface area (Å²) in [6.07, 6.45) is 8.38. The number of aliphatic imine (C=N–C) groups is 1. The molecular formula is C22H26FN6+. The second-order valence-electron chi connectivity index (χ2n) is 7.73. The Labute approximate surface area is 170 Å². The number of nitrogens with two attached hydrogens (primary N) is 1. The number of rotatable bonds is 6. The molecule has 150 valence electrons. The zero-order valence-electron chi connectivity index (χ0n) is 16.8. The minimum Gasteiger partial charge on any atom is -0.390 e. The second-order valence-corrected chi connectivity index (χ2v) is 7.73. The number of aromatic nitrogens is 2. The summed E-state index contributed by atoms with van der Waals surface area (Å²) in [5.74, 6) is 0.124. The first-order chi connectivity index (χ1) is 14.1. The number of alkyl halides is 1. The quantitative estimate of drug-likeness (QED) is 0.465. The van der Waals surface area contributed by atoms with Gasteiger partial charge in [-0.1, -0.05) is 12.1 Å². The van der Waals surface area contributed by atoms with Crippen molar-refractivity contribution in [2.24, 2.45) is 16.6 Å². The van der Waals surface area contributed by atoms with Gasteiger partial charge in [-0.15, -0.1) is 10.2 Å². The standard InChI is InChI=1S/C22H26FN6/c1-15(29-7-6-16(10-23)11-29)8-21(25-14-24)22-19-9-17(18-12-28(2)13-18)4-3-5-20(19)26-27-22/h3-5,8-9,12-16H,6-7,10-11H2,1-2H3,(H2,24,25)/q+1/b21-8-. The lowest BCUT2D eigenvalue weighted by Crippen LogP contribution is -2.29. The average molecular weight is 393 g/mol. The molecule has 3 aliphatic heterocycles. The Bertz CT molecular complexity index is 993. The van der Waals surface area contributed by atoms with E-state index in [0.29, 0.717) is 11.4 Å². The van der Waals surface area contributed by atoms with E-state index in [9.17, 15) is 4.39 Å². The number of hydrogen-bond donors (Lipinski definition) is 1. The Kier molecular flexibility index (Phi) is 5.49. The number of hydrogen-bond acceptors (Lipinski definition) is 4. The predicted molar refractivity (Wildman–Crippen MR) is 115 cm³/mol. The molecule has 29 heavy (non-hydrogen) atoms. The van der Waals surface area contributed by atoms with Crippen molar-refractivity contribution >= 4 is 23.8 Å². The van der Waals surface area contributed by atoms with Crippen molar-refractivity contribution in [3.05, 3.63) is 47.8 Å². The van der Waals surface area contributed by atoms with Gasteiger partial charge in [0.05, 0.1) is 24.4 Å². The van der Waals surface area contributed by atoms with E-state index >= 15 is 0 Å². The molecule has 0 aromatic rings.